The largest absolute Gasteiger partial charge is 0.330 e. The second-order valence-electron chi connectivity index (χ2n) is 3.40. The zero-order valence-electron chi connectivity index (χ0n) is 8.15. The molecule has 0 fully saturated rings. The molecule has 1 nitrogen and oxygen atoms in total. The number of aryl methyl sites for hydroxylation is 3. The first-order chi connectivity index (χ1) is 5.65. The number of rotatable bonds is 2. The van der Waals surface area contributed by atoms with Gasteiger partial charge in [0, 0.05) is 0 Å². The van der Waals surface area contributed by atoms with Gasteiger partial charge in [-0.15, -0.1) is 0 Å². The maximum atomic E-state index is 5.52. The summed E-state index contributed by atoms with van der Waals surface area (Å²) < 4.78 is 0. The van der Waals surface area contributed by atoms with Crippen LogP contribution in [0.25, 0.3) is 0 Å². The van der Waals surface area contributed by atoms with Crippen LogP contribution in [0, 0.1) is 20.8 Å². The van der Waals surface area contributed by atoms with E-state index < -0.39 is 0 Å². The smallest absolute Gasteiger partial charge is 0.00366 e. The van der Waals surface area contributed by atoms with E-state index in [-0.39, 0.29) is 0 Å². The predicted octanol–water partition coefficient (Wildman–Crippen LogP) is 2.11. The summed E-state index contributed by atoms with van der Waals surface area (Å²) >= 11 is 0. The molecule has 0 aliphatic carbocycles. The van der Waals surface area contributed by atoms with Gasteiger partial charge in [-0.25, -0.2) is 0 Å². The second kappa shape index (κ2) is 3.72. The molecule has 0 spiro atoms. The summed E-state index contributed by atoms with van der Waals surface area (Å²) in [5, 5.41) is 0. The molecule has 1 rings (SSSR count). The second-order valence-corrected chi connectivity index (χ2v) is 3.40. The van der Waals surface area contributed by atoms with Gasteiger partial charge in [0.15, 0.2) is 0 Å². The molecule has 1 aromatic carbocycles. The zero-order chi connectivity index (χ0) is 9.14. The van der Waals surface area contributed by atoms with Crippen molar-refractivity contribution in [3.63, 3.8) is 0 Å². The lowest BCUT2D eigenvalue weighted by Crippen LogP contribution is -2.04. The Bertz CT molecular complexity index is 277. The van der Waals surface area contributed by atoms with Crippen LogP contribution < -0.4 is 5.73 Å². The highest BCUT2D eigenvalue weighted by Crippen LogP contribution is 2.15. The van der Waals surface area contributed by atoms with Crippen molar-refractivity contribution >= 4 is 0 Å². The van der Waals surface area contributed by atoms with Crippen LogP contribution in [0.2, 0.25) is 0 Å². The Balaban J connectivity index is 3.05. The zero-order valence-corrected chi connectivity index (χ0v) is 8.15. The van der Waals surface area contributed by atoms with Crippen molar-refractivity contribution < 1.29 is 0 Å². The van der Waals surface area contributed by atoms with E-state index in [0.29, 0.717) is 0 Å². The summed E-state index contributed by atoms with van der Waals surface area (Å²) in [5.41, 5.74) is 11.0. The van der Waals surface area contributed by atoms with Crippen LogP contribution in [0.4, 0.5) is 0 Å². The van der Waals surface area contributed by atoms with E-state index in [4.69, 9.17) is 5.73 Å². The third-order valence-corrected chi connectivity index (χ3v) is 2.37. The van der Waals surface area contributed by atoms with Crippen LogP contribution in [0.1, 0.15) is 22.3 Å². The normalized spacial score (nSPS) is 10.3. The molecular formula is C11H17N. The van der Waals surface area contributed by atoms with Crippen molar-refractivity contribution in [2.45, 2.75) is 27.2 Å². The molecule has 0 saturated carbocycles. The Hall–Kier alpha value is -0.820. The molecule has 0 amide bonds. The minimum Gasteiger partial charge on any atom is -0.330 e. The third kappa shape index (κ3) is 1.86. The predicted molar refractivity (Wildman–Crippen MR) is 53.4 cm³/mol. The number of hydrogen-bond donors (Lipinski definition) is 1. The summed E-state index contributed by atoms with van der Waals surface area (Å²) in [5.74, 6) is 0. The van der Waals surface area contributed by atoms with Gasteiger partial charge in [-0.2, -0.15) is 0 Å². The van der Waals surface area contributed by atoms with Gasteiger partial charge >= 0.3 is 0 Å². The highest BCUT2D eigenvalue weighted by molar-refractivity contribution is 5.36. The highest BCUT2D eigenvalue weighted by Gasteiger charge is 1.99. The molecule has 0 aromatic heterocycles. The first kappa shape index (κ1) is 9.27. The molecule has 0 bridgehead atoms. The fourth-order valence-corrected chi connectivity index (χ4v) is 1.45. The summed E-state index contributed by atoms with van der Waals surface area (Å²) in [4.78, 5) is 0. The van der Waals surface area contributed by atoms with E-state index in [0.717, 1.165) is 13.0 Å². The fourth-order valence-electron chi connectivity index (χ4n) is 1.45. The van der Waals surface area contributed by atoms with Crippen LogP contribution in [-0.4, -0.2) is 6.54 Å². The Morgan fingerprint density at radius 3 is 2.17 bits per heavy atom. The van der Waals surface area contributed by atoms with Gasteiger partial charge in [0.2, 0.25) is 0 Å². The SMILES string of the molecule is Cc1cc(C)c(CCN)cc1C. The summed E-state index contributed by atoms with van der Waals surface area (Å²) in [7, 11) is 0. The maximum absolute atomic E-state index is 5.52. The van der Waals surface area contributed by atoms with Crippen molar-refractivity contribution in [3.8, 4) is 0 Å². The van der Waals surface area contributed by atoms with Crippen molar-refractivity contribution in [2.24, 2.45) is 5.73 Å². The molecule has 0 radical (unpaired) electrons. The van der Waals surface area contributed by atoms with E-state index in [1.54, 1.807) is 0 Å². The quantitative estimate of drug-likeness (QED) is 0.710. The van der Waals surface area contributed by atoms with Crippen LogP contribution in [-0.2, 0) is 6.42 Å². The Labute approximate surface area is 74.6 Å². The van der Waals surface area contributed by atoms with Gasteiger partial charge in [-0.1, -0.05) is 12.1 Å². The van der Waals surface area contributed by atoms with E-state index in [2.05, 4.69) is 32.9 Å². The minimum atomic E-state index is 0.739. The van der Waals surface area contributed by atoms with Crippen molar-refractivity contribution in [1.82, 2.24) is 0 Å². The average molecular weight is 163 g/mol. The van der Waals surface area contributed by atoms with Crippen molar-refractivity contribution in [2.75, 3.05) is 6.54 Å². The van der Waals surface area contributed by atoms with Gasteiger partial charge in [0.1, 0.15) is 0 Å². The third-order valence-electron chi connectivity index (χ3n) is 2.37. The fraction of sp³-hybridized carbons (Fsp3) is 0.455. The Kier molecular flexibility index (Phi) is 2.88. The molecule has 0 unspecified atom stereocenters. The van der Waals surface area contributed by atoms with Crippen LogP contribution in [0.5, 0.6) is 0 Å². The minimum absolute atomic E-state index is 0.739. The number of nitrogens with two attached hydrogens (primary N) is 1. The molecule has 0 aliphatic heterocycles. The van der Waals surface area contributed by atoms with E-state index in [1.165, 1.54) is 22.3 Å². The molecule has 12 heavy (non-hydrogen) atoms. The number of benzene rings is 1. The lowest BCUT2D eigenvalue weighted by Gasteiger charge is -2.08. The monoisotopic (exact) mass is 163 g/mol. The van der Waals surface area contributed by atoms with Gasteiger partial charge in [0.05, 0.1) is 0 Å². The molecular weight excluding hydrogens is 146 g/mol. The first-order valence-corrected chi connectivity index (χ1v) is 4.42. The summed E-state index contributed by atoms with van der Waals surface area (Å²) in [6, 6.07) is 4.48. The van der Waals surface area contributed by atoms with Crippen LogP contribution in [0.3, 0.4) is 0 Å². The molecule has 66 valence electrons. The van der Waals surface area contributed by atoms with Crippen LogP contribution >= 0.6 is 0 Å². The molecule has 0 aliphatic rings. The van der Waals surface area contributed by atoms with Crippen molar-refractivity contribution in [1.29, 1.82) is 0 Å². The van der Waals surface area contributed by atoms with E-state index in [1.807, 2.05) is 0 Å². The van der Waals surface area contributed by atoms with E-state index >= 15 is 0 Å². The molecule has 1 heteroatoms. The van der Waals surface area contributed by atoms with Gasteiger partial charge in [0.25, 0.3) is 0 Å². The van der Waals surface area contributed by atoms with Gasteiger partial charge in [-0.3, -0.25) is 0 Å². The number of hydrogen-bond acceptors (Lipinski definition) is 1. The topological polar surface area (TPSA) is 26.0 Å². The van der Waals surface area contributed by atoms with Crippen molar-refractivity contribution in [3.05, 3.63) is 34.4 Å². The van der Waals surface area contributed by atoms with Crippen LogP contribution in [0.15, 0.2) is 12.1 Å². The molecule has 2 N–H and O–H groups in total. The lowest BCUT2D eigenvalue weighted by molar-refractivity contribution is 0.953. The van der Waals surface area contributed by atoms with Gasteiger partial charge < -0.3 is 5.73 Å². The summed E-state index contributed by atoms with van der Waals surface area (Å²) in [6.45, 7) is 7.18. The molecule has 0 heterocycles. The summed E-state index contributed by atoms with van der Waals surface area (Å²) in [6.07, 6.45) is 0.993. The van der Waals surface area contributed by atoms with E-state index in [9.17, 15) is 0 Å². The van der Waals surface area contributed by atoms with Gasteiger partial charge in [-0.05, 0) is 56.0 Å². The maximum Gasteiger partial charge on any atom is -0.00366 e. The lowest BCUT2D eigenvalue weighted by atomic mass is 9.99. The molecule has 0 saturated heterocycles. The Morgan fingerprint density at radius 1 is 1.00 bits per heavy atom. The first-order valence-electron chi connectivity index (χ1n) is 4.42. The molecule has 0 atom stereocenters. The average Bonchev–Trinajstić information content (AvgIpc) is 2.01. The highest BCUT2D eigenvalue weighted by atomic mass is 14.5. The standard InChI is InChI=1S/C11H17N/c1-8-6-10(3)11(4-5-12)7-9(8)2/h6-7H,4-5,12H2,1-3H3. The molecule has 1 aromatic rings. The Morgan fingerprint density at radius 2 is 1.58 bits per heavy atom.